The smallest absolute Gasteiger partial charge is 0.228 e. The molecule has 1 fully saturated rings. The second kappa shape index (κ2) is 12.2. The molecule has 5 rings (SSSR count). The predicted octanol–water partition coefficient (Wildman–Crippen LogP) is 3.75. The van der Waals surface area contributed by atoms with Crippen LogP contribution in [-0.2, 0) is 30.5 Å². The fourth-order valence-corrected chi connectivity index (χ4v) is 5.43. The van der Waals surface area contributed by atoms with Crippen molar-refractivity contribution < 1.29 is 27.5 Å². The van der Waals surface area contributed by atoms with Crippen molar-refractivity contribution >= 4 is 38.2 Å². The maximum Gasteiger partial charge on any atom is 0.228 e. The van der Waals surface area contributed by atoms with Gasteiger partial charge >= 0.3 is 0 Å². The van der Waals surface area contributed by atoms with E-state index in [0.29, 0.717) is 41.1 Å². The summed E-state index contributed by atoms with van der Waals surface area (Å²) in [6, 6.07) is 7.66. The molecule has 0 radical (unpaired) electrons. The Labute approximate surface area is 237 Å². The van der Waals surface area contributed by atoms with Crippen molar-refractivity contribution in [3.8, 4) is 0 Å². The Morgan fingerprint density at radius 3 is 2.80 bits per heavy atom. The number of ether oxygens (including phenoxy) is 2. The second-order valence-corrected chi connectivity index (χ2v) is 12.1. The number of sulfone groups is 1. The number of nitrogens with zero attached hydrogens (tertiary/aromatic N) is 4. The third-order valence-corrected chi connectivity index (χ3v) is 7.96. The molecule has 1 aliphatic heterocycles. The molecule has 1 unspecified atom stereocenters. The summed E-state index contributed by atoms with van der Waals surface area (Å²) < 4.78 is 37.2. The van der Waals surface area contributed by atoms with Gasteiger partial charge in [0.25, 0.3) is 0 Å². The third kappa shape index (κ3) is 6.84. The topological polar surface area (TPSA) is 142 Å². The number of ketones is 1. The summed E-state index contributed by atoms with van der Waals surface area (Å²) >= 11 is 0. The highest BCUT2D eigenvalue weighted by Gasteiger charge is 2.22. The van der Waals surface area contributed by atoms with Gasteiger partial charge in [-0.15, -0.1) is 0 Å². The average molecular weight is 578 g/mol. The van der Waals surface area contributed by atoms with Crippen molar-refractivity contribution in [2.75, 3.05) is 24.8 Å². The minimum absolute atomic E-state index is 0.0434. The number of carbonyl (C=O) groups is 2. The van der Waals surface area contributed by atoms with Gasteiger partial charge in [-0.05, 0) is 49.9 Å². The fourth-order valence-electron chi connectivity index (χ4n) is 4.74. The van der Waals surface area contributed by atoms with Crippen LogP contribution in [0, 0.1) is 0 Å². The summed E-state index contributed by atoms with van der Waals surface area (Å²) in [4.78, 5) is 39.2. The van der Waals surface area contributed by atoms with Crippen LogP contribution in [-0.4, -0.2) is 65.4 Å². The van der Waals surface area contributed by atoms with Crippen LogP contribution >= 0.6 is 0 Å². The lowest BCUT2D eigenvalue weighted by Crippen LogP contribution is -2.25. The Bertz CT molecular complexity index is 1680. The number of hydrogen-bond donors (Lipinski definition) is 1. The van der Waals surface area contributed by atoms with Crippen LogP contribution in [0.2, 0.25) is 0 Å². The van der Waals surface area contributed by atoms with Gasteiger partial charge in [0.1, 0.15) is 12.0 Å². The number of hydrogen-bond acceptors (Lipinski definition) is 9. The summed E-state index contributed by atoms with van der Waals surface area (Å²) in [5.41, 5.74) is 2.19. The number of amides is 1. The van der Waals surface area contributed by atoms with E-state index in [9.17, 15) is 18.0 Å². The molecule has 2 atom stereocenters. The highest BCUT2D eigenvalue weighted by Crippen LogP contribution is 2.26. The van der Waals surface area contributed by atoms with Crippen LogP contribution < -0.4 is 5.32 Å². The van der Waals surface area contributed by atoms with Crippen LogP contribution in [0.4, 0.5) is 5.69 Å². The quantitative estimate of drug-likeness (QED) is 0.279. The number of fused-ring (bicyclic) bond motifs is 1. The molecule has 214 valence electrons. The van der Waals surface area contributed by atoms with Crippen LogP contribution in [0.1, 0.15) is 53.7 Å². The second-order valence-electron chi connectivity index (χ2n) is 10.1. The van der Waals surface area contributed by atoms with Gasteiger partial charge in [0.15, 0.2) is 21.9 Å². The van der Waals surface area contributed by atoms with Crippen LogP contribution in [0.3, 0.4) is 0 Å². The molecular weight excluding hydrogens is 546 g/mol. The molecule has 3 aromatic heterocycles. The van der Waals surface area contributed by atoms with Crippen molar-refractivity contribution in [2.45, 2.75) is 49.8 Å². The molecule has 1 saturated heterocycles. The normalized spacial score (nSPS) is 16.4. The van der Waals surface area contributed by atoms with Gasteiger partial charge < -0.3 is 19.4 Å². The van der Waals surface area contributed by atoms with E-state index in [1.165, 1.54) is 30.9 Å². The molecule has 0 saturated carbocycles. The van der Waals surface area contributed by atoms with E-state index in [1.54, 1.807) is 30.6 Å². The monoisotopic (exact) mass is 577 g/mol. The minimum atomic E-state index is -3.39. The molecule has 4 aromatic rings. The van der Waals surface area contributed by atoms with Gasteiger partial charge in [-0.25, -0.2) is 18.4 Å². The Morgan fingerprint density at radius 2 is 2.02 bits per heavy atom. The third-order valence-electron chi connectivity index (χ3n) is 6.85. The van der Waals surface area contributed by atoms with Gasteiger partial charge in [0.05, 0.1) is 41.4 Å². The zero-order chi connectivity index (χ0) is 29.0. The number of pyridine rings is 1. The maximum absolute atomic E-state index is 13.6. The van der Waals surface area contributed by atoms with E-state index < -0.39 is 9.84 Å². The first-order chi connectivity index (χ1) is 19.7. The average Bonchev–Trinajstić information content (AvgIpc) is 3.36. The number of rotatable bonds is 10. The molecule has 1 amide bonds. The van der Waals surface area contributed by atoms with E-state index >= 15 is 0 Å². The first kappa shape index (κ1) is 28.5. The van der Waals surface area contributed by atoms with Crippen LogP contribution in [0.15, 0.2) is 66.3 Å². The molecule has 12 heteroatoms. The lowest BCUT2D eigenvalue weighted by molar-refractivity contribution is -0.166. The SMILES string of the molecule is C[C@H](COC1CCCCO1)n1cc(C(=O)c2cncc(NC(=O)Cc3cccc(S(C)(=O)=O)c3)c2)c2cncnc21. The summed E-state index contributed by atoms with van der Waals surface area (Å²) in [7, 11) is -3.39. The Kier molecular flexibility index (Phi) is 8.52. The zero-order valence-electron chi connectivity index (χ0n) is 22.8. The van der Waals surface area contributed by atoms with E-state index in [-0.39, 0.29) is 40.9 Å². The molecule has 0 bridgehead atoms. The molecule has 1 aliphatic rings. The fraction of sp³-hybridized carbons (Fsp3) is 0.345. The molecule has 41 heavy (non-hydrogen) atoms. The highest BCUT2D eigenvalue weighted by atomic mass is 32.2. The Morgan fingerprint density at radius 1 is 1.17 bits per heavy atom. The standard InChI is InChI=1S/C29H31N5O6S/c1-19(17-40-27-8-3-4-9-39-27)34-16-25(24-15-31-18-32-29(24)34)28(36)21-12-22(14-30-13-21)33-26(35)11-20-6-5-7-23(10-20)41(2,37)38/h5-7,10,12-16,18-19,27H,3-4,8-9,11,17H2,1-2H3,(H,33,35)/t19-,27?/m1/s1. The van der Waals surface area contributed by atoms with Gasteiger partial charge in [-0.1, -0.05) is 12.1 Å². The maximum atomic E-state index is 13.6. The molecule has 1 N–H and O–H groups in total. The Balaban J connectivity index is 1.32. The van der Waals surface area contributed by atoms with Crippen molar-refractivity contribution in [1.82, 2.24) is 19.5 Å². The molecule has 0 spiro atoms. The first-order valence-electron chi connectivity index (χ1n) is 13.3. The summed E-state index contributed by atoms with van der Waals surface area (Å²) in [6.07, 6.45) is 11.5. The van der Waals surface area contributed by atoms with E-state index in [1.807, 2.05) is 11.5 Å². The number of carbonyl (C=O) groups excluding carboxylic acids is 2. The van der Waals surface area contributed by atoms with Crippen LogP contribution in [0.25, 0.3) is 11.0 Å². The van der Waals surface area contributed by atoms with Crippen molar-refractivity contribution in [2.24, 2.45) is 0 Å². The first-order valence-corrected chi connectivity index (χ1v) is 15.2. The number of aromatic nitrogens is 4. The van der Waals surface area contributed by atoms with Gasteiger partial charge in [-0.3, -0.25) is 14.6 Å². The molecule has 11 nitrogen and oxygen atoms in total. The lowest BCUT2D eigenvalue weighted by Gasteiger charge is -2.24. The van der Waals surface area contributed by atoms with Gasteiger partial charge in [-0.2, -0.15) is 0 Å². The van der Waals surface area contributed by atoms with Crippen molar-refractivity contribution in [1.29, 1.82) is 0 Å². The van der Waals surface area contributed by atoms with E-state index in [2.05, 4.69) is 20.3 Å². The zero-order valence-corrected chi connectivity index (χ0v) is 23.6. The summed E-state index contributed by atoms with van der Waals surface area (Å²) in [6.45, 7) is 3.07. The van der Waals surface area contributed by atoms with E-state index in [0.717, 1.165) is 25.5 Å². The number of nitrogens with one attached hydrogen (secondary N) is 1. The molecular formula is C29H31N5O6S. The van der Waals surface area contributed by atoms with Crippen LogP contribution in [0.5, 0.6) is 0 Å². The summed E-state index contributed by atoms with van der Waals surface area (Å²) in [5, 5.41) is 3.34. The van der Waals surface area contributed by atoms with Gasteiger partial charge in [0, 0.05) is 42.4 Å². The minimum Gasteiger partial charge on any atom is -0.353 e. The lowest BCUT2D eigenvalue weighted by atomic mass is 10.1. The molecule has 1 aromatic carbocycles. The Hall–Kier alpha value is -4.00. The molecule has 0 aliphatic carbocycles. The number of anilines is 1. The highest BCUT2D eigenvalue weighted by molar-refractivity contribution is 7.90. The molecule has 4 heterocycles. The summed E-state index contributed by atoms with van der Waals surface area (Å²) in [5.74, 6) is -0.667. The largest absolute Gasteiger partial charge is 0.353 e. The number of benzene rings is 1. The predicted molar refractivity (Wildman–Crippen MR) is 151 cm³/mol. The van der Waals surface area contributed by atoms with Gasteiger partial charge in [0.2, 0.25) is 5.91 Å². The van der Waals surface area contributed by atoms with E-state index in [4.69, 9.17) is 9.47 Å². The van der Waals surface area contributed by atoms with Crippen molar-refractivity contribution in [3.05, 3.63) is 78.1 Å². The van der Waals surface area contributed by atoms with Crippen molar-refractivity contribution in [3.63, 3.8) is 0 Å².